The monoisotopic (exact) mass is 315 g/mol. The van der Waals surface area contributed by atoms with Gasteiger partial charge in [0.05, 0.1) is 11.8 Å². The summed E-state index contributed by atoms with van der Waals surface area (Å²) in [6, 6.07) is 3.10. The first-order valence-corrected chi connectivity index (χ1v) is 6.79. The number of aromatic nitrogens is 2. The van der Waals surface area contributed by atoms with E-state index in [1.165, 1.54) is 6.07 Å². The minimum absolute atomic E-state index is 0.0536. The van der Waals surface area contributed by atoms with Crippen molar-refractivity contribution in [3.8, 4) is 0 Å². The largest absolute Gasteiger partial charge is 0.387 e. The van der Waals surface area contributed by atoms with Crippen LogP contribution in [0.2, 0.25) is 5.15 Å². The molecule has 1 aromatic heterocycles. The van der Waals surface area contributed by atoms with Gasteiger partial charge in [-0.2, -0.15) is 5.10 Å². The van der Waals surface area contributed by atoms with Gasteiger partial charge in [-0.3, -0.25) is 4.68 Å². The third-order valence-corrected chi connectivity index (χ3v) is 3.70. The second-order valence-corrected chi connectivity index (χ2v) is 5.15. The molecule has 7 heteroatoms. The minimum Gasteiger partial charge on any atom is -0.387 e. The van der Waals surface area contributed by atoms with Gasteiger partial charge in [0, 0.05) is 37.3 Å². The smallest absolute Gasteiger partial charge is 0.131 e. The van der Waals surface area contributed by atoms with Crippen molar-refractivity contribution in [2.45, 2.75) is 19.6 Å². The van der Waals surface area contributed by atoms with Crippen molar-refractivity contribution in [3.05, 3.63) is 51.8 Å². The van der Waals surface area contributed by atoms with Crippen LogP contribution in [0.25, 0.3) is 0 Å². The Labute approximate surface area is 126 Å². The molecule has 0 aliphatic heterocycles. The molecule has 1 heterocycles. The summed E-state index contributed by atoms with van der Waals surface area (Å²) >= 11 is 6.09. The molecule has 2 aromatic rings. The number of aliphatic hydroxyl groups excluding tert-OH is 1. The summed E-state index contributed by atoms with van der Waals surface area (Å²) in [4.78, 5) is 0. The van der Waals surface area contributed by atoms with E-state index in [-0.39, 0.29) is 12.1 Å². The van der Waals surface area contributed by atoms with Crippen molar-refractivity contribution in [1.82, 2.24) is 15.1 Å². The van der Waals surface area contributed by atoms with Gasteiger partial charge in [-0.1, -0.05) is 17.7 Å². The van der Waals surface area contributed by atoms with E-state index in [0.29, 0.717) is 11.7 Å². The molecule has 2 rings (SSSR count). The Morgan fingerprint density at radius 3 is 2.71 bits per heavy atom. The van der Waals surface area contributed by atoms with Crippen LogP contribution < -0.4 is 5.32 Å². The molecule has 0 aliphatic rings. The van der Waals surface area contributed by atoms with Gasteiger partial charge >= 0.3 is 0 Å². The maximum absolute atomic E-state index is 13.5. The number of rotatable bonds is 5. The standard InChI is InChI=1S/C14H16ClF2N3O/c1-8-11(14(15)20(2)19-8)6-18-7-13(21)10-4-3-9(16)5-12(10)17/h3-5,13,18,21H,6-7H2,1-2H3. The first-order valence-electron chi connectivity index (χ1n) is 6.42. The van der Waals surface area contributed by atoms with Gasteiger partial charge in [-0.05, 0) is 13.0 Å². The zero-order valence-corrected chi connectivity index (χ0v) is 12.5. The first-order chi connectivity index (χ1) is 9.90. The Morgan fingerprint density at radius 1 is 1.43 bits per heavy atom. The number of benzene rings is 1. The van der Waals surface area contributed by atoms with Crippen molar-refractivity contribution in [1.29, 1.82) is 0 Å². The first kappa shape index (κ1) is 15.9. The highest BCUT2D eigenvalue weighted by atomic mass is 35.5. The molecular formula is C14H16ClF2N3O. The summed E-state index contributed by atoms with van der Waals surface area (Å²) in [5.74, 6) is -1.44. The quantitative estimate of drug-likeness (QED) is 0.891. The molecule has 0 amide bonds. The number of halogens is 3. The van der Waals surface area contributed by atoms with E-state index in [2.05, 4.69) is 10.4 Å². The van der Waals surface area contributed by atoms with Gasteiger partial charge in [0.15, 0.2) is 0 Å². The van der Waals surface area contributed by atoms with Crippen molar-refractivity contribution in [3.63, 3.8) is 0 Å². The number of nitrogens with one attached hydrogen (secondary N) is 1. The molecule has 1 aromatic carbocycles. The lowest BCUT2D eigenvalue weighted by Gasteiger charge is -2.13. The molecule has 0 saturated carbocycles. The predicted octanol–water partition coefficient (Wildman–Crippen LogP) is 2.48. The highest BCUT2D eigenvalue weighted by Gasteiger charge is 2.15. The van der Waals surface area contributed by atoms with Crippen LogP contribution in [-0.2, 0) is 13.6 Å². The summed E-state index contributed by atoms with van der Waals surface area (Å²) in [7, 11) is 1.74. The van der Waals surface area contributed by atoms with E-state index in [4.69, 9.17) is 11.6 Å². The maximum atomic E-state index is 13.5. The SMILES string of the molecule is Cc1nn(C)c(Cl)c1CNCC(O)c1ccc(F)cc1F. The average Bonchev–Trinajstić information content (AvgIpc) is 2.64. The Morgan fingerprint density at radius 2 is 2.14 bits per heavy atom. The molecule has 0 aliphatic carbocycles. The third-order valence-electron chi connectivity index (χ3n) is 3.23. The highest BCUT2D eigenvalue weighted by molar-refractivity contribution is 6.30. The van der Waals surface area contributed by atoms with Crippen LogP contribution in [0.5, 0.6) is 0 Å². The summed E-state index contributed by atoms with van der Waals surface area (Å²) in [5, 5.41) is 17.6. The Kier molecular flexibility index (Phi) is 4.92. The van der Waals surface area contributed by atoms with E-state index >= 15 is 0 Å². The fraction of sp³-hybridized carbons (Fsp3) is 0.357. The minimum atomic E-state index is -1.07. The van der Waals surface area contributed by atoms with E-state index < -0.39 is 17.7 Å². The molecule has 114 valence electrons. The lowest BCUT2D eigenvalue weighted by atomic mass is 10.1. The van der Waals surface area contributed by atoms with Gasteiger partial charge in [-0.25, -0.2) is 8.78 Å². The molecule has 0 spiro atoms. The Bertz CT molecular complexity index is 645. The van der Waals surface area contributed by atoms with Crippen LogP contribution in [0.1, 0.15) is 22.9 Å². The normalized spacial score (nSPS) is 12.7. The molecule has 4 nitrogen and oxygen atoms in total. The lowest BCUT2D eigenvalue weighted by Crippen LogP contribution is -2.22. The van der Waals surface area contributed by atoms with Gasteiger partial charge in [0.25, 0.3) is 0 Å². The third kappa shape index (κ3) is 3.58. The second kappa shape index (κ2) is 6.51. The Balaban J connectivity index is 1.97. The molecule has 2 N–H and O–H groups in total. The molecule has 0 fully saturated rings. The number of hydrogen-bond donors (Lipinski definition) is 2. The fourth-order valence-corrected chi connectivity index (χ4v) is 2.33. The Hall–Kier alpha value is -1.50. The zero-order valence-electron chi connectivity index (χ0n) is 11.7. The van der Waals surface area contributed by atoms with Crippen LogP contribution in [0.4, 0.5) is 8.78 Å². The topological polar surface area (TPSA) is 50.1 Å². The summed E-state index contributed by atoms with van der Waals surface area (Å²) in [6.45, 7) is 2.35. The van der Waals surface area contributed by atoms with Crippen molar-refractivity contribution in [2.24, 2.45) is 7.05 Å². The van der Waals surface area contributed by atoms with Crippen LogP contribution in [0.15, 0.2) is 18.2 Å². The maximum Gasteiger partial charge on any atom is 0.131 e. The number of hydrogen-bond acceptors (Lipinski definition) is 3. The predicted molar refractivity (Wildman–Crippen MR) is 76.0 cm³/mol. The number of aliphatic hydroxyl groups is 1. The van der Waals surface area contributed by atoms with E-state index in [1.807, 2.05) is 6.92 Å². The van der Waals surface area contributed by atoms with Crippen molar-refractivity contribution >= 4 is 11.6 Å². The van der Waals surface area contributed by atoms with Crippen LogP contribution in [0, 0.1) is 18.6 Å². The van der Waals surface area contributed by atoms with E-state index in [1.54, 1.807) is 11.7 Å². The van der Waals surface area contributed by atoms with Crippen LogP contribution in [0.3, 0.4) is 0 Å². The molecule has 1 unspecified atom stereocenters. The molecule has 0 radical (unpaired) electrons. The molecule has 21 heavy (non-hydrogen) atoms. The van der Waals surface area contributed by atoms with Crippen LogP contribution in [-0.4, -0.2) is 21.4 Å². The van der Waals surface area contributed by atoms with Crippen molar-refractivity contribution in [2.75, 3.05) is 6.54 Å². The summed E-state index contributed by atoms with van der Waals surface area (Å²) in [5.41, 5.74) is 1.67. The van der Waals surface area contributed by atoms with Gasteiger partial charge < -0.3 is 10.4 Å². The summed E-state index contributed by atoms with van der Waals surface area (Å²) in [6.07, 6.45) is -1.07. The molecule has 0 saturated heterocycles. The van der Waals surface area contributed by atoms with E-state index in [0.717, 1.165) is 23.4 Å². The van der Waals surface area contributed by atoms with Gasteiger partial charge in [-0.15, -0.1) is 0 Å². The van der Waals surface area contributed by atoms with Gasteiger partial charge in [0.1, 0.15) is 16.8 Å². The van der Waals surface area contributed by atoms with Gasteiger partial charge in [0.2, 0.25) is 0 Å². The highest BCUT2D eigenvalue weighted by Crippen LogP contribution is 2.20. The fourth-order valence-electron chi connectivity index (χ4n) is 2.09. The van der Waals surface area contributed by atoms with Crippen molar-refractivity contribution < 1.29 is 13.9 Å². The molecular weight excluding hydrogens is 300 g/mol. The summed E-state index contributed by atoms with van der Waals surface area (Å²) < 4.78 is 27.9. The number of aryl methyl sites for hydroxylation is 2. The van der Waals surface area contributed by atoms with E-state index in [9.17, 15) is 13.9 Å². The second-order valence-electron chi connectivity index (χ2n) is 4.79. The van der Waals surface area contributed by atoms with Crippen LogP contribution >= 0.6 is 11.6 Å². The number of nitrogens with zero attached hydrogens (tertiary/aromatic N) is 2. The zero-order chi connectivity index (χ0) is 15.6. The average molecular weight is 316 g/mol. The molecule has 1 atom stereocenters. The lowest BCUT2D eigenvalue weighted by molar-refractivity contribution is 0.169. The molecule has 0 bridgehead atoms.